The lowest BCUT2D eigenvalue weighted by Gasteiger charge is -2.05. The van der Waals surface area contributed by atoms with Crippen LogP contribution in [-0.4, -0.2) is 11.1 Å². The van der Waals surface area contributed by atoms with E-state index < -0.39 is 4.92 Å². The number of halogens is 2. The minimum atomic E-state index is -0.444. The Bertz CT molecular complexity index is 950. The monoisotopic (exact) mass is 389 g/mol. The highest BCUT2D eigenvalue weighted by Gasteiger charge is 2.16. The van der Waals surface area contributed by atoms with Crippen LogP contribution in [0.5, 0.6) is 0 Å². The van der Waals surface area contributed by atoms with Crippen LogP contribution in [0.3, 0.4) is 0 Å². The first-order valence-electron chi connectivity index (χ1n) is 7.58. The fourth-order valence-electron chi connectivity index (χ4n) is 2.34. The van der Waals surface area contributed by atoms with Crippen molar-refractivity contribution in [3.05, 3.63) is 86.1 Å². The summed E-state index contributed by atoms with van der Waals surface area (Å²) in [6.45, 7) is 0.354. The van der Waals surface area contributed by atoms with Gasteiger partial charge in [0.1, 0.15) is 11.5 Å². The molecule has 0 saturated carbocycles. The molecule has 3 rings (SSSR count). The highest BCUT2D eigenvalue weighted by atomic mass is 35.5. The predicted octanol–water partition coefficient (Wildman–Crippen LogP) is 5.29. The number of hydrogen-bond acceptors (Lipinski definition) is 5. The largest absolute Gasteiger partial charge is 0.455 e. The van der Waals surface area contributed by atoms with Crippen LogP contribution in [0.25, 0.3) is 11.3 Å². The third kappa shape index (κ3) is 4.04. The number of furan rings is 1. The molecule has 2 aromatic carbocycles. The maximum atomic E-state index is 11.1. The van der Waals surface area contributed by atoms with Crippen LogP contribution < -0.4 is 5.43 Å². The van der Waals surface area contributed by atoms with Gasteiger partial charge in [0.25, 0.3) is 5.69 Å². The van der Waals surface area contributed by atoms with Crippen LogP contribution >= 0.6 is 23.2 Å². The molecular formula is C18H13Cl2N3O3. The first-order valence-corrected chi connectivity index (χ1v) is 8.34. The average Bonchev–Trinajstić information content (AvgIpc) is 3.09. The van der Waals surface area contributed by atoms with Crippen LogP contribution in [0, 0.1) is 10.1 Å². The molecule has 132 valence electrons. The van der Waals surface area contributed by atoms with E-state index in [2.05, 4.69) is 10.5 Å². The van der Waals surface area contributed by atoms with E-state index in [1.54, 1.807) is 48.5 Å². The first-order chi connectivity index (χ1) is 12.6. The third-order valence-electron chi connectivity index (χ3n) is 3.59. The summed E-state index contributed by atoms with van der Waals surface area (Å²) >= 11 is 12.2. The molecule has 0 bridgehead atoms. The second-order valence-electron chi connectivity index (χ2n) is 5.27. The number of hydrazone groups is 1. The van der Waals surface area contributed by atoms with E-state index in [9.17, 15) is 10.1 Å². The zero-order valence-corrected chi connectivity index (χ0v) is 14.9. The molecule has 8 heteroatoms. The summed E-state index contributed by atoms with van der Waals surface area (Å²) < 4.78 is 5.61. The zero-order valence-electron chi connectivity index (χ0n) is 13.4. The number of nitro groups is 1. The van der Waals surface area contributed by atoms with Gasteiger partial charge in [-0.2, -0.15) is 5.10 Å². The Morgan fingerprint density at radius 1 is 1.08 bits per heavy atom. The topological polar surface area (TPSA) is 80.7 Å². The molecule has 1 N–H and O–H groups in total. The Labute approximate surface area is 159 Å². The quantitative estimate of drug-likeness (QED) is 0.353. The molecule has 1 aromatic heterocycles. The fraction of sp³-hybridized carbons (Fsp3) is 0.0556. The Morgan fingerprint density at radius 3 is 2.54 bits per heavy atom. The molecule has 0 spiro atoms. The Morgan fingerprint density at radius 2 is 1.81 bits per heavy atom. The normalized spacial score (nSPS) is 11.0. The molecule has 6 nitrogen and oxygen atoms in total. The average molecular weight is 390 g/mol. The van der Waals surface area contributed by atoms with Gasteiger partial charge in [-0.1, -0.05) is 41.4 Å². The van der Waals surface area contributed by atoms with Crippen molar-refractivity contribution in [3.63, 3.8) is 0 Å². The molecule has 0 aliphatic carbocycles. The number of nitrogens with one attached hydrogen (secondary N) is 1. The second kappa shape index (κ2) is 8.03. The molecular weight excluding hydrogens is 377 g/mol. The molecule has 3 aromatic rings. The van der Waals surface area contributed by atoms with Gasteiger partial charge >= 0.3 is 0 Å². The summed E-state index contributed by atoms with van der Waals surface area (Å²) in [6, 6.07) is 15.0. The van der Waals surface area contributed by atoms with Crippen LogP contribution in [-0.2, 0) is 6.54 Å². The first kappa shape index (κ1) is 18.0. The van der Waals surface area contributed by atoms with Crippen molar-refractivity contribution < 1.29 is 9.34 Å². The second-order valence-corrected chi connectivity index (χ2v) is 6.08. The van der Waals surface area contributed by atoms with Crippen molar-refractivity contribution >= 4 is 35.1 Å². The van der Waals surface area contributed by atoms with Crippen LogP contribution in [0.2, 0.25) is 10.0 Å². The lowest BCUT2D eigenvalue weighted by molar-refractivity contribution is -0.384. The van der Waals surface area contributed by atoms with Crippen LogP contribution in [0.4, 0.5) is 5.69 Å². The highest BCUT2D eigenvalue weighted by Crippen LogP contribution is 2.30. The lowest BCUT2D eigenvalue weighted by atomic mass is 10.1. The molecule has 0 saturated heterocycles. The van der Waals surface area contributed by atoms with Gasteiger partial charge in [0.2, 0.25) is 0 Å². The number of para-hydroxylation sites is 1. The van der Waals surface area contributed by atoms with Gasteiger partial charge in [-0.05, 0) is 30.3 Å². The van der Waals surface area contributed by atoms with E-state index in [1.165, 1.54) is 12.3 Å². The minimum absolute atomic E-state index is 0.0168. The molecule has 0 unspecified atom stereocenters. The molecule has 0 amide bonds. The van der Waals surface area contributed by atoms with Crippen molar-refractivity contribution in [2.45, 2.75) is 6.54 Å². The van der Waals surface area contributed by atoms with Crippen molar-refractivity contribution in [1.29, 1.82) is 0 Å². The molecule has 0 aliphatic heterocycles. The van der Waals surface area contributed by atoms with Gasteiger partial charge in [0, 0.05) is 21.7 Å². The van der Waals surface area contributed by atoms with Gasteiger partial charge in [-0.3, -0.25) is 10.1 Å². The summed E-state index contributed by atoms with van der Waals surface area (Å²) in [5, 5.41) is 16.3. The summed E-state index contributed by atoms with van der Waals surface area (Å²) in [5.41, 5.74) is 3.98. The van der Waals surface area contributed by atoms with Crippen molar-refractivity contribution in [2.24, 2.45) is 5.10 Å². The number of hydrogen-bond donors (Lipinski definition) is 1. The smallest absolute Gasteiger partial charge is 0.280 e. The van der Waals surface area contributed by atoms with E-state index in [-0.39, 0.29) is 5.69 Å². The van der Waals surface area contributed by atoms with Gasteiger partial charge in [0.15, 0.2) is 0 Å². The number of benzene rings is 2. The maximum absolute atomic E-state index is 11.1. The van der Waals surface area contributed by atoms with Crippen molar-refractivity contribution in [2.75, 3.05) is 0 Å². The van der Waals surface area contributed by atoms with Gasteiger partial charge < -0.3 is 9.84 Å². The third-order valence-corrected chi connectivity index (χ3v) is 4.30. The van der Waals surface area contributed by atoms with Gasteiger partial charge in [-0.25, -0.2) is 0 Å². The van der Waals surface area contributed by atoms with E-state index >= 15 is 0 Å². The van der Waals surface area contributed by atoms with E-state index in [4.69, 9.17) is 27.6 Å². The minimum Gasteiger partial charge on any atom is -0.455 e. The Balaban J connectivity index is 1.69. The zero-order chi connectivity index (χ0) is 18.5. The summed E-state index contributed by atoms with van der Waals surface area (Å²) in [5.74, 6) is 0.851. The number of rotatable bonds is 6. The molecule has 0 radical (unpaired) electrons. The summed E-state index contributed by atoms with van der Waals surface area (Å²) in [6.07, 6.45) is 1.48. The number of nitrogens with zero attached hydrogens (tertiary/aromatic N) is 2. The summed E-state index contributed by atoms with van der Waals surface area (Å²) in [4.78, 5) is 10.7. The van der Waals surface area contributed by atoms with Gasteiger partial charge in [-0.15, -0.1) is 0 Å². The fourth-order valence-corrected chi connectivity index (χ4v) is 2.87. The molecule has 0 fully saturated rings. The Hall–Kier alpha value is -2.83. The van der Waals surface area contributed by atoms with E-state index in [0.717, 1.165) is 5.56 Å². The molecule has 0 aliphatic rings. The van der Waals surface area contributed by atoms with E-state index in [0.29, 0.717) is 33.7 Å². The van der Waals surface area contributed by atoms with Crippen LogP contribution in [0.15, 0.2) is 64.1 Å². The standard InChI is InChI=1S/C18H13Cl2N3O3/c19-15-5-3-6-16(20)14(15)11-22-21-10-12-8-9-18(26-12)13-4-1-2-7-17(13)23(24)25/h1-10,22H,11H2/b21-10+. The molecule has 26 heavy (non-hydrogen) atoms. The SMILES string of the molecule is O=[N+]([O-])c1ccccc1-c1ccc(/C=N/NCc2c(Cl)cccc2Cl)o1. The lowest BCUT2D eigenvalue weighted by Crippen LogP contribution is -2.06. The van der Waals surface area contributed by atoms with Gasteiger partial charge in [0.05, 0.1) is 23.2 Å². The number of nitro benzene ring substituents is 1. The molecule has 0 atom stereocenters. The Kier molecular flexibility index (Phi) is 5.55. The van der Waals surface area contributed by atoms with Crippen molar-refractivity contribution in [1.82, 2.24) is 5.43 Å². The summed E-state index contributed by atoms with van der Waals surface area (Å²) in [7, 11) is 0. The predicted molar refractivity (Wildman–Crippen MR) is 102 cm³/mol. The molecule has 1 heterocycles. The van der Waals surface area contributed by atoms with E-state index in [1.807, 2.05) is 0 Å². The van der Waals surface area contributed by atoms with Crippen LogP contribution in [0.1, 0.15) is 11.3 Å². The van der Waals surface area contributed by atoms with Crippen molar-refractivity contribution in [3.8, 4) is 11.3 Å². The maximum Gasteiger partial charge on any atom is 0.280 e. The highest BCUT2D eigenvalue weighted by molar-refractivity contribution is 6.35.